The van der Waals surface area contributed by atoms with Crippen molar-refractivity contribution in [2.24, 2.45) is 5.92 Å². The number of carbonyl (C=O) groups is 3. The average molecular weight is 220 g/mol. The van der Waals surface area contributed by atoms with E-state index in [1.54, 1.807) is 0 Å². The molecule has 0 aromatic carbocycles. The molecule has 6 nitrogen and oxygen atoms in total. The third-order valence-electron chi connectivity index (χ3n) is 1.14. The molecule has 0 heterocycles. The van der Waals surface area contributed by atoms with E-state index in [2.05, 4.69) is 0 Å². The average Bonchev–Trinajstić information content (AvgIpc) is 1.99. The minimum Gasteiger partial charge on any atom is -0.481 e. The summed E-state index contributed by atoms with van der Waals surface area (Å²) in [6.07, 6.45) is -0.315. The molecule has 0 saturated carbocycles. The number of carboxylic acids is 3. The zero-order valence-corrected chi connectivity index (χ0v) is 8.77. The summed E-state index contributed by atoms with van der Waals surface area (Å²) >= 11 is 0. The maximum atomic E-state index is 9.81. The lowest BCUT2D eigenvalue weighted by Crippen LogP contribution is -2.00. The van der Waals surface area contributed by atoms with Crippen LogP contribution in [0.25, 0.3) is 0 Å². The summed E-state index contributed by atoms with van der Waals surface area (Å²) in [6.45, 7) is 3.77. The molecule has 0 fully saturated rings. The van der Waals surface area contributed by atoms with Crippen LogP contribution in [-0.4, -0.2) is 33.2 Å². The van der Waals surface area contributed by atoms with Gasteiger partial charge in [-0.1, -0.05) is 13.8 Å². The lowest BCUT2D eigenvalue weighted by atomic mass is 10.1. The Balaban J connectivity index is 0. The molecular weight excluding hydrogens is 204 g/mol. The van der Waals surface area contributed by atoms with E-state index >= 15 is 0 Å². The van der Waals surface area contributed by atoms with Gasteiger partial charge in [0.25, 0.3) is 0 Å². The summed E-state index contributed by atoms with van der Waals surface area (Å²) in [5, 5.41) is 23.9. The molecule has 15 heavy (non-hydrogen) atoms. The smallest absolute Gasteiger partial charge is 0.303 e. The fraction of sp³-hybridized carbons (Fsp3) is 0.667. The van der Waals surface area contributed by atoms with Crippen molar-refractivity contribution in [2.45, 2.75) is 33.1 Å². The van der Waals surface area contributed by atoms with E-state index in [9.17, 15) is 14.4 Å². The van der Waals surface area contributed by atoms with Gasteiger partial charge in [0.05, 0.1) is 12.8 Å². The van der Waals surface area contributed by atoms with Crippen LogP contribution in [0.1, 0.15) is 33.1 Å². The first-order valence-electron chi connectivity index (χ1n) is 4.41. The molecule has 88 valence electrons. The van der Waals surface area contributed by atoms with E-state index in [4.69, 9.17) is 15.3 Å². The molecule has 0 spiro atoms. The molecule has 0 aliphatic heterocycles. The van der Waals surface area contributed by atoms with Gasteiger partial charge in [-0.25, -0.2) is 0 Å². The molecule has 0 radical (unpaired) electrons. The van der Waals surface area contributed by atoms with Crippen molar-refractivity contribution in [1.29, 1.82) is 0 Å². The molecule has 0 bridgehead atoms. The van der Waals surface area contributed by atoms with Crippen molar-refractivity contribution in [1.82, 2.24) is 0 Å². The summed E-state index contributed by atoms with van der Waals surface area (Å²) in [5.41, 5.74) is 0. The molecule has 0 rings (SSSR count). The van der Waals surface area contributed by atoms with E-state index in [-0.39, 0.29) is 25.2 Å². The largest absolute Gasteiger partial charge is 0.481 e. The number of hydrogen-bond donors (Lipinski definition) is 3. The van der Waals surface area contributed by atoms with Gasteiger partial charge in [0.15, 0.2) is 0 Å². The fourth-order valence-electron chi connectivity index (χ4n) is 0.563. The first-order chi connectivity index (χ1) is 6.75. The van der Waals surface area contributed by atoms with Gasteiger partial charge in [-0.05, 0) is 5.92 Å². The maximum Gasteiger partial charge on any atom is 0.303 e. The summed E-state index contributed by atoms with van der Waals surface area (Å²) < 4.78 is 0. The van der Waals surface area contributed by atoms with Gasteiger partial charge in [-0.3, -0.25) is 14.4 Å². The highest BCUT2D eigenvalue weighted by Crippen LogP contribution is 1.96. The summed E-state index contributed by atoms with van der Waals surface area (Å²) in [7, 11) is 0. The van der Waals surface area contributed by atoms with Crippen LogP contribution in [0.5, 0.6) is 0 Å². The van der Waals surface area contributed by atoms with Gasteiger partial charge in [0.1, 0.15) is 0 Å². The van der Waals surface area contributed by atoms with Crippen molar-refractivity contribution >= 4 is 17.9 Å². The van der Waals surface area contributed by atoms with E-state index in [1.165, 1.54) is 0 Å². The SMILES string of the molecule is CC(C)CC(=O)O.O=C(O)CCC(=O)O. The van der Waals surface area contributed by atoms with Crippen LogP contribution in [0.2, 0.25) is 0 Å². The number of rotatable bonds is 5. The third-order valence-corrected chi connectivity index (χ3v) is 1.14. The van der Waals surface area contributed by atoms with Gasteiger partial charge in [-0.2, -0.15) is 0 Å². The quantitative estimate of drug-likeness (QED) is 0.638. The second-order valence-electron chi connectivity index (χ2n) is 3.28. The van der Waals surface area contributed by atoms with Crippen molar-refractivity contribution in [2.75, 3.05) is 0 Å². The van der Waals surface area contributed by atoms with Gasteiger partial charge >= 0.3 is 17.9 Å². The van der Waals surface area contributed by atoms with Crippen LogP contribution < -0.4 is 0 Å². The van der Waals surface area contributed by atoms with Gasteiger partial charge < -0.3 is 15.3 Å². The molecule has 0 unspecified atom stereocenters. The van der Waals surface area contributed by atoms with Crippen LogP contribution in [-0.2, 0) is 14.4 Å². The Labute approximate surface area is 87.5 Å². The van der Waals surface area contributed by atoms with Gasteiger partial charge in [-0.15, -0.1) is 0 Å². The van der Waals surface area contributed by atoms with Gasteiger partial charge in [0, 0.05) is 6.42 Å². The molecule has 0 atom stereocenters. The van der Waals surface area contributed by atoms with Crippen LogP contribution in [0, 0.1) is 5.92 Å². The standard InChI is InChI=1S/C5H10O2.C4H6O4/c1-4(2)3-5(6)7;5-3(6)1-2-4(7)8/h4H,3H2,1-2H3,(H,6,7);1-2H2,(H,5,6)(H,7,8). The maximum absolute atomic E-state index is 9.81. The highest BCUT2D eigenvalue weighted by Gasteiger charge is 2.00. The van der Waals surface area contributed by atoms with Crippen LogP contribution in [0.15, 0.2) is 0 Å². The molecule has 3 N–H and O–H groups in total. The highest BCUT2D eigenvalue weighted by atomic mass is 16.4. The van der Waals surface area contributed by atoms with Crippen LogP contribution in [0.3, 0.4) is 0 Å². The number of aliphatic carboxylic acids is 3. The number of hydrogen-bond acceptors (Lipinski definition) is 3. The molecule has 0 aromatic heterocycles. The van der Waals surface area contributed by atoms with Gasteiger partial charge in [0.2, 0.25) is 0 Å². The molecule has 6 heteroatoms. The van der Waals surface area contributed by atoms with Crippen molar-refractivity contribution in [3.63, 3.8) is 0 Å². The van der Waals surface area contributed by atoms with Crippen LogP contribution >= 0.6 is 0 Å². The minimum atomic E-state index is -1.08. The summed E-state index contributed by atoms with van der Waals surface area (Å²) in [6, 6.07) is 0. The number of carboxylic acid groups (broad SMARTS) is 3. The molecular formula is C9H16O6. The Hall–Kier alpha value is -1.59. The zero-order chi connectivity index (χ0) is 12.4. The Morgan fingerprint density at radius 1 is 0.867 bits per heavy atom. The van der Waals surface area contributed by atoms with Crippen LogP contribution in [0.4, 0.5) is 0 Å². The van der Waals surface area contributed by atoms with Crippen molar-refractivity contribution in [3.8, 4) is 0 Å². The second kappa shape index (κ2) is 8.98. The topological polar surface area (TPSA) is 112 Å². The van der Waals surface area contributed by atoms with E-state index in [1.807, 2.05) is 13.8 Å². The van der Waals surface area contributed by atoms with Crippen molar-refractivity contribution in [3.05, 3.63) is 0 Å². The predicted octanol–water partition coefficient (Wildman–Crippen LogP) is 1.05. The molecule has 0 aliphatic rings. The monoisotopic (exact) mass is 220 g/mol. The Kier molecular flexibility index (Phi) is 9.50. The molecule has 0 aliphatic carbocycles. The fourth-order valence-corrected chi connectivity index (χ4v) is 0.563. The molecule has 0 amide bonds. The highest BCUT2D eigenvalue weighted by molar-refractivity contribution is 5.75. The van der Waals surface area contributed by atoms with E-state index in [0.29, 0.717) is 0 Å². The molecule has 0 aromatic rings. The Morgan fingerprint density at radius 2 is 1.20 bits per heavy atom. The predicted molar refractivity (Wildman–Crippen MR) is 51.6 cm³/mol. The second-order valence-corrected chi connectivity index (χ2v) is 3.28. The first kappa shape index (κ1) is 15.9. The zero-order valence-electron chi connectivity index (χ0n) is 8.77. The summed E-state index contributed by atoms with van der Waals surface area (Å²) in [5.74, 6) is -2.59. The first-order valence-corrected chi connectivity index (χ1v) is 4.41. The third kappa shape index (κ3) is 24.5. The lowest BCUT2D eigenvalue weighted by Gasteiger charge is -1.94. The van der Waals surface area contributed by atoms with Crippen molar-refractivity contribution < 1.29 is 29.7 Å². The lowest BCUT2D eigenvalue weighted by molar-refractivity contribution is -0.143. The summed E-state index contributed by atoms with van der Waals surface area (Å²) in [4.78, 5) is 29.1. The molecule has 0 saturated heterocycles. The Bertz CT molecular complexity index is 207. The van der Waals surface area contributed by atoms with E-state index < -0.39 is 17.9 Å². The Morgan fingerprint density at radius 3 is 1.27 bits per heavy atom. The normalized spacial score (nSPS) is 9.00. The minimum absolute atomic E-state index is 0.275. The van der Waals surface area contributed by atoms with E-state index in [0.717, 1.165) is 0 Å².